The molecule has 4 heteroatoms. The van der Waals surface area contributed by atoms with Gasteiger partial charge in [-0.3, -0.25) is 4.79 Å². The zero-order chi connectivity index (χ0) is 14.6. The molecule has 0 aliphatic carbocycles. The van der Waals surface area contributed by atoms with Crippen molar-refractivity contribution in [2.45, 2.75) is 39.4 Å². The summed E-state index contributed by atoms with van der Waals surface area (Å²) in [7, 11) is 0. The normalized spacial score (nSPS) is 11.3. The maximum absolute atomic E-state index is 11.8. The molecule has 1 aromatic heterocycles. The predicted octanol–water partition coefficient (Wildman–Crippen LogP) is 1.54. The number of hydrogen-bond acceptors (Lipinski definition) is 1. The number of benzene rings is 1. The number of carbonyl (C=O) groups excluding carboxylic acids is 1. The number of hydrogen-bond donors (Lipinski definition) is 1. The molecule has 2 aromatic rings. The minimum Gasteiger partial charge on any atom is -0.348 e. The highest BCUT2D eigenvalue weighted by Crippen LogP contribution is 2.01. The third kappa shape index (κ3) is 4.53. The Bertz CT molecular complexity index is 567. The van der Waals surface area contributed by atoms with Crippen molar-refractivity contribution in [3.8, 4) is 0 Å². The SMILES string of the molecule is CC(C)(C)NC(=O)C[n+]1[c-]n(Cc2ccccc2)cc1. The van der Waals surface area contributed by atoms with E-state index < -0.39 is 0 Å². The highest BCUT2D eigenvalue weighted by atomic mass is 16.2. The molecule has 0 bridgehead atoms. The Morgan fingerprint density at radius 3 is 2.65 bits per heavy atom. The Morgan fingerprint density at radius 1 is 1.30 bits per heavy atom. The van der Waals surface area contributed by atoms with Gasteiger partial charge in [-0.2, -0.15) is 0 Å². The first-order chi connectivity index (χ1) is 9.42. The van der Waals surface area contributed by atoms with Crippen LogP contribution in [-0.2, 0) is 17.9 Å². The van der Waals surface area contributed by atoms with Gasteiger partial charge in [0.2, 0.25) is 6.33 Å². The van der Waals surface area contributed by atoms with Crippen molar-refractivity contribution in [2.24, 2.45) is 0 Å². The summed E-state index contributed by atoms with van der Waals surface area (Å²) in [5.74, 6) is -0.00351. The molecule has 1 aromatic carbocycles. The molecule has 0 aliphatic heterocycles. The van der Waals surface area contributed by atoms with Crippen LogP contribution in [0.2, 0.25) is 0 Å². The van der Waals surface area contributed by atoms with Crippen molar-refractivity contribution in [3.05, 3.63) is 54.6 Å². The molecule has 0 atom stereocenters. The molecule has 1 heterocycles. The van der Waals surface area contributed by atoms with Crippen molar-refractivity contribution in [3.63, 3.8) is 0 Å². The second kappa shape index (κ2) is 5.90. The average molecular weight is 271 g/mol. The van der Waals surface area contributed by atoms with E-state index in [0.29, 0.717) is 6.54 Å². The van der Waals surface area contributed by atoms with E-state index in [2.05, 4.69) is 23.8 Å². The lowest BCUT2D eigenvalue weighted by atomic mass is 10.1. The number of rotatable bonds is 4. The molecule has 1 amide bonds. The van der Waals surface area contributed by atoms with E-state index in [1.807, 2.05) is 55.9 Å². The van der Waals surface area contributed by atoms with Crippen LogP contribution in [0, 0.1) is 6.33 Å². The van der Waals surface area contributed by atoms with Crippen molar-refractivity contribution in [1.29, 1.82) is 0 Å². The number of nitrogens with zero attached hydrogens (tertiary/aromatic N) is 2. The quantitative estimate of drug-likeness (QED) is 0.665. The van der Waals surface area contributed by atoms with Crippen LogP contribution >= 0.6 is 0 Å². The summed E-state index contributed by atoms with van der Waals surface area (Å²) in [6.07, 6.45) is 6.95. The van der Waals surface area contributed by atoms with Gasteiger partial charge in [-0.15, -0.1) is 0 Å². The van der Waals surface area contributed by atoms with E-state index >= 15 is 0 Å². The molecule has 106 valence electrons. The lowest BCUT2D eigenvalue weighted by molar-refractivity contribution is -0.688. The Labute approximate surface area is 120 Å². The van der Waals surface area contributed by atoms with E-state index in [0.717, 1.165) is 6.54 Å². The summed E-state index contributed by atoms with van der Waals surface area (Å²) in [6, 6.07) is 10.2. The van der Waals surface area contributed by atoms with Crippen LogP contribution in [0.15, 0.2) is 42.7 Å². The van der Waals surface area contributed by atoms with Crippen LogP contribution in [-0.4, -0.2) is 16.0 Å². The molecule has 0 radical (unpaired) electrons. The number of imidazole rings is 1. The third-order valence-electron chi connectivity index (χ3n) is 2.71. The molecule has 0 spiro atoms. The summed E-state index contributed by atoms with van der Waals surface area (Å²) in [5, 5.41) is 2.94. The molecule has 1 N–H and O–H groups in total. The second-order valence-corrected chi connectivity index (χ2v) is 5.94. The van der Waals surface area contributed by atoms with Crippen LogP contribution in [0.1, 0.15) is 26.3 Å². The fourth-order valence-corrected chi connectivity index (χ4v) is 1.96. The van der Waals surface area contributed by atoms with Gasteiger partial charge in [-0.1, -0.05) is 30.3 Å². The first-order valence-electron chi connectivity index (χ1n) is 6.75. The third-order valence-corrected chi connectivity index (χ3v) is 2.71. The van der Waals surface area contributed by atoms with E-state index in [9.17, 15) is 4.79 Å². The summed E-state index contributed by atoms with van der Waals surface area (Å²) in [5.41, 5.74) is 1.01. The molecule has 4 nitrogen and oxygen atoms in total. The van der Waals surface area contributed by atoms with E-state index in [-0.39, 0.29) is 11.4 Å². The highest BCUT2D eigenvalue weighted by molar-refractivity contribution is 5.75. The van der Waals surface area contributed by atoms with Gasteiger partial charge in [-0.25, -0.2) is 0 Å². The van der Waals surface area contributed by atoms with Crippen LogP contribution in [0.5, 0.6) is 0 Å². The van der Waals surface area contributed by atoms with Gasteiger partial charge < -0.3 is 14.5 Å². The van der Waals surface area contributed by atoms with Gasteiger partial charge in [0.25, 0.3) is 5.91 Å². The van der Waals surface area contributed by atoms with Crippen LogP contribution in [0.3, 0.4) is 0 Å². The Kier molecular flexibility index (Phi) is 4.23. The second-order valence-electron chi connectivity index (χ2n) is 5.94. The van der Waals surface area contributed by atoms with Crippen LogP contribution in [0.25, 0.3) is 0 Å². The molecule has 0 saturated carbocycles. The van der Waals surface area contributed by atoms with E-state index in [1.54, 1.807) is 4.57 Å². The largest absolute Gasteiger partial charge is 0.348 e. The van der Waals surface area contributed by atoms with Gasteiger partial charge >= 0.3 is 0 Å². The molecule has 2 rings (SSSR count). The van der Waals surface area contributed by atoms with Crippen molar-refractivity contribution in [1.82, 2.24) is 9.88 Å². The first-order valence-corrected chi connectivity index (χ1v) is 6.75. The summed E-state index contributed by atoms with van der Waals surface area (Å²) in [6.45, 7) is 6.97. The van der Waals surface area contributed by atoms with Crippen LogP contribution < -0.4 is 9.88 Å². The maximum atomic E-state index is 11.8. The average Bonchev–Trinajstić information content (AvgIpc) is 2.75. The zero-order valence-electron chi connectivity index (χ0n) is 12.3. The molecular formula is C16H21N3O. The standard InChI is InChI=1S/C16H21N3O/c1-16(2,3)17-15(20)12-19-10-9-18(13-19)11-14-7-5-4-6-8-14/h4-10H,11-12H2,1-3H3,(H,17,20). The fraction of sp³-hybridized carbons (Fsp3) is 0.375. The monoisotopic (exact) mass is 271 g/mol. The van der Waals surface area contributed by atoms with Gasteiger partial charge in [0.1, 0.15) is 6.54 Å². The van der Waals surface area contributed by atoms with Crippen LogP contribution in [0.4, 0.5) is 0 Å². The fourth-order valence-electron chi connectivity index (χ4n) is 1.96. The molecule has 0 saturated heterocycles. The maximum Gasteiger partial charge on any atom is 0.260 e. The summed E-state index contributed by atoms with van der Waals surface area (Å²) >= 11 is 0. The first kappa shape index (κ1) is 14.3. The van der Waals surface area contributed by atoms with Gasteiger partial charge in [0.15, 0.2) is 0 Å². The minimum absolute atomic E-state index is 0.00351. The van der Waals surface area contributed by atoms with Crippen molar-refractivity contribution >= 4 is 5.91 Å². The number of aromatic nitrogens is 2. The van der Waals surface area contributed by atoms with E-state index in [1.165, 1.54) is 5.56 Å². The predicted molar refractivity (Wildman–Crippen MR) is 76.9 cm³/mol. The highest BCUT2D eigenvalue weighted by Gasteiger charge is 2.14. The van der Waals surface area contributed by atoms with Crippen molar-refractivity contribution < 1.29 is 9.36 Å². The number of nitrogens with one attached hydrogen (secondary N) is 1. The minimum atomic E-state index is -0.204. The number of carbonyl (C=O) groups is 1. The van der Waals surface area contributed by atoms with Gasteiger partial charge in [-0.05, 0) is 38.7 Å². The Hall–Kier alpha value is -2.10. The molecule has 0 fully saturated rings. The summed E-state index contributed by atoms with van der Waals surface area (Å²) in [4.78, 5) is 11.8. The molecular weight excluding hydrogens is 250 g/mol. The Balaban J connectivity index is 1.94. The van der Waals surface area contributed by atoms with Gasteiger partial charge in [0, 0.05) is 5.54 Å². The van der Waals surface area contributed by atoms with Crippen molar-refractivity contribution in [2.75, 3.05) is 0 Å². The summed E-state index contributed by atoms with van der Waals surface area (Å²) < 4.78 is 3.71. The zero-order valence-corrected chi connectivity index (χ0v) is 12.3. The molecule has 0 aliphatic rings. The molecule has 0 unspecified atom stereocenters. The Morgan fingerprint density at radius 2 is 2.00 bits per heavy atom. The number of amides is 1. The topological polar surface area (TPSA) is 37.9 Å². The smallest absolute Gasteiger partial charge is 0.260 e. The lowest BCUT2D eigenvalue weighted by Crippen LogP contribution is -2.48. The van der Waals surface area contributed by atoms with Gasteiger partial charge in [0.05, 0.1) is 6.54 Å². The lowest BCUT2D eigenvalue weighted by Gasteiger charge is -2.20. The van der Waals surface area contributed by atoms with E-state index in [4.69, 9.17) is 0 Å². The molecule has 20 heavy (non-hydrogen) atoms.